The quantitative estimate of drug-likeness (QED) is 0.683. The molecule has 1 N–H and O–H groups in total. The lowest BCUT2D eigenvalue weighted by Gasteiger charge is -2.43. The van der Waals surface area contributed by atoms with E-state index in [4.69, 9.17) is 0 Å². The Morgan fingerprint density at radius 1 is 1.15 bits per heavy atom. The number of fused-ring (bicyclic) bond motifs is 3. The number of carbonyl (C=O) groups is 2. The van der Waals surface area contributed by atoms with Crippen LogP contribution in [0.1, 0.15) is 78.6 Å². The zero-order valence-corrected chi connectivity index (χ0v) is 20.5. The van der Waals surface area contributed by atoms with Crippen molar-refractivity contribution in [1.82, 2.24) is 20.0 Å². The topological polar surface area (TPSA) is 55.9 Å². The number of alkyl halides is 1. The van der Waals surface area contributed by atoms with E-state index in [9.17, 15) is 14.0 Å². The molecule has 2 amide bonds. The van der Waals surface area contributed by atoms with Crippen LogP contribution in [0.3, 0.4) is 0 Å². The van der Waals surface area contributed by atoms with Gasteiger partial charge in [0, 0.05) is 36.9 Å². The van der Waals surface area contributed by atoms with E-state index in [0.29, 0.717) is 37.2 Å². The number of rotatable bonds is 5. The highest BCUT2D eigenvalue weighted by atomic mass is 19.1. The third kappa shape index (κ3) is 4.08. The van der Waals surface area contributed by atoms with Gasteiger partial charge in [-0.15, -0.1) is 0 Å². The number of likely N-dealkylation sites (tertiary alicyclic amines) is 1. The molecule has 0 aromatic carbocycles. The lowest BCUT2D eigenvalue weighted by atomic mass is 9.78. The second-order valence-corrected chi connectivity index (χ2v) is 11.4. The fraction of sp³-hybridized carbons (Fsp3) is 0.846. The van der Waals surface area contributed by atoms with Crippen LogP contribution < -0.4 is 5.32 Å². The Bertz CT molecular complexity index is 795. The Morgan fingerprint density at radius 2 is 1.91 bits per heavy atom. The second kappa shape index (κ2) is 9.20. The molecule has 2 saturated carbocycles. The monoisotopic (exact) mass is 460 g/mol. The highest BCUT2D eigenvalue weighted by Gasteiger charge is 2.56. The standard InChI is InChI=1S/C26H41FN4O2/c1-16(2)29-12-6-9-20(29)14-28-25(32)23-15-30(19-7-4-5-8-19)26(33)24-17(3)21-13-18(27)10-11-22(21)31(23)24/h15-22,24H,4-14H2,1-3H3,(H,28,32)/t17?,18?,20-,21?,22?,24?/m0/s1. The first kappa shape index (κ1) is 23.1. The van der Waals surface area contributed by atoms with E-state index < -0.39 is 6.17 Å². The minimum atomic E-state index is -0.790. The van der Waals surface area contributed by atoms with Crippen molar-refractivity contribution in [2.45, 2.75) is 115 Å². The normalized spacial score (nSPS) is 37.5. The highest BCUT2D eigenvalue weighted by Crippen LogP contribution is 2.48. The number of hydrogen-bond acceptors (Lipinski definition) is 4. The summed E-state index contributed by atoms with van der Waals surface area (Å²) in [6.07, 6.45) is 9.38. The first-order valence-electron chi connectivity index (χ1n) is 13.4. The van der Waals surface area contributed by atoms with Gasteiger partial charge in [0.2, 0.25) is 5.91 Å². The van der Waals surface area contributed by atoms with Crippen LogP contribution in [-0.4, -0.2) is 76.0 Å². The van der Waals surface area contributed by atoms with Crippen molar-refractivity contribution in [1.29, 1.82) is 0 Å². The molecule has 7 heteroatoms. The first-order valence-corrected chi connectivity index (χ1v) is 13.4. The molecule has 4 fully saturated rings. The summed E-state index contributed by atoms with van der Waals surface area (Å²) < 4.78 is 14.3. The maximum absolute atomic E-state index is 14.3. The van der Waals surface area contributed by atoms with E-state index >= 15 is 0 Å². The summed E-state index contributed by atoms with van der Waals surface area (Å²) in [7, 11) is 0. The second-order valence-electron chi connectivity index (χ2n) is 11.4. The SMILES string of the molecule is CC1C2CC(F)CCC2N2C(C(=O)NC[C@@H]3CCCN3C(C)C)=CN(C3CCCC3)C(=O)C12. The van der Waals surface area contributed by atoms with Gasteiger partial charge in [-0.3, -0.25) is 14.5 Å². The summed E-state index contributed by atoms with van der Waals surface area (Å²) >= 11 is 0. The third-order valence-corrected chi connectivity index (χ3v) is 9.21. The van der Waals surface area contributed by atoms with E-state index in [1.54, 1.807) is 0 Å². The average Bonchev–Trinajstić information content (AvgIpc) is 3.53. The van der Waals surface area contributed by atoms with E-state index in [2.05, 4.69) is 35.9 Å². The van der Waals surface area contributed by atoms with Crippen LogP contribution in [0.2, 0.25) is 0 Å². The van der Waals surface area contributed by atoms with Crippen LogP contribution in [0.5, 0.6) is 0 Å². The van der Waals surface area contributed by atoms with Gasteiger partial charge in [-0.25, -0.2) is 4.39 Å². The fourth-order valence-electron chi connectivity index (χ4n) is 7.53. The molecule has 0 spiro atoms. The van der Waals surface area contributed by atoms with Crippen LogP contribution in [0.25, 0.3) is 0 Å². The van der Waals surface area contributed by atoms with Gasteiger partial charge < -0.3 is 15.1 Å². The fourth-order valence-corrected chi connectivity index (χ4v) is 7.53. The maximum atomic E-state index is 14.3. The summed E-state index contributed by atoms with van der Waals surface area (Å²) in [6, 6.07) is 0.781. The van der Waals surface area contributed by atoms with Crippen molar-refractivity contribution in [3.8, 4) is 0 Å². The van der Waals surface area contributed by atoms with Crippen LogP contribution in [0, 0.1) is 11.8 Å². The Labute approximate surface area is 197 Å². The molecule has 5 unspecified atom stereocenters. The zero-order valence-electron chi connectivity index (χ0n) is 20.5. The Balaban J connectivity index is 1.40. The molecule has 5 rings (SSSR count). The predicted molar refractivity (Wildman–Crippen MR) is 126 cm³/mol. The van der Waals surface area contributed by atoms with E-state index in [1.807, 2.05) is 11.1 Å². The van der Waals surface area contributed by atoms with Crippen LogP contribution in [0.4, 0.5) is 4.39 Å². The molecular weight excluding hydrogens is 419 g/mol. The van der Waals surface area contributed by atoms with E-state index in [0.717, 1.165) is 45.1 Å². The highest BCUT2D eigenvalue weighted by molar-refractivity contribution is 5.97. The van der Waals surface area contributed by atoms with Gasteiger partial charge in [-0.2, -0.15) is 0 Å². The Hall–Kier alpha value is -1.63. The van der Waals surface area contributed by atoms with Gasteiger partial charge in [-0.05, 0) is 77.2 Å². The van der Waals surface area contributed by atoms with Crippen LogP contribution >= 0.6 is 0 Å². The lowest BCUT2D eigenvalue weighted by molar-refractivity contribution is -0.138. The molecule has 33 heavy (non-hydrogen) atoms. The van der Waals surface area contributed by atoms with Crippen molar-refractivity contribution in [3.63, 3.8) is 0 Å². The van der Waals surface area contributed by atoms with Gasteiger partial charge >= 0.3 is 0 Å². The Kier molecular flexibility index (Phi) is 6.45. The molecule has 0 aromatic heterocycles. The molecule has 184 valence electrons. The minimum absolute atomic E-state index is 0.0627. The molecule has 6 nitrogen and oxygen atoms in total. The number of nitrogens with zero attached hydrogens (tertiary/aromatic N) is 3. The van der Waals surface area contributed by atoms with Gasteiger partial charge in [-0.1, -0.05) is 19.8 Å². The van der Waals surface area contributed by atoms with Crippen molar-refractivity contribution >= 4 is 11.8 Å². The van der Waals surface area contributed by atoms with Crippen LogP contribution in [-0.2, 0) is 9.59 Å². The minimum Gasteiger partial charge on any atom is -0.350 e. The van der Waals surface area contributed by atoms with Crippen molar-refractivity contribution in [2.24, 2.45) is 11.8 Å². The number of hydrogen-bond donors (Lipinski definition) is 1. The molecular formula is C26H41FN4O2. The molecule has 2 saturated heterocycles. The molecule has 0 bridgehead atoms. The number of amides is 2. The van der Waals surface area contributed by atoms with Gasteiger partial charge in [0.1, 0.15) is 17.9 Å². The Morgan fingerprint density at radius 3 is 2.64 bits per heavy atom. The summed E-state index contributed by atoms with van der Waals surface area (Å²) in [5.74, 6) is 0.250. The van der Waals surface area contributed by atoms with Crippen molar-refractivity contribution in [2.75, 3.05) is 13.1 Å². The summed E-state index contributed by atoms with van der Waals surface area (Å²) in [5, 5.41) is 3.23. The molecule has 3 heterocycles. The van der Waals surface area contributed by atoms with Gasteiger partial charge in [0.05, 0.1) is 0 Å². The smallest absolute Gasteiger partial charge is 0.269 e. The molecule has 3 aliphatic heterocycles. The van der Waals surface area contributed by atoms with Crippen LogP contribution in [0.15, 0.2) is 11.9 Å². The summed E-state index contributed by atoms with van der Waals surface area (Å²) in [4.78, 5) is 33.8. The number of carbonyl (C=O) groups excluding carboxylic acids is 2. The zero-order chi connectivity index (χ0) is 23.3. The summed E-state index contributed by atoms with van der Waals surface area (Å²) in [5.41, 5.74) is 0.636. The number of halogens is 1. The number of nitrogens with one attached hydrogen (secondary N) is 1. The van der Waals surface area contributed by atoms with E-state index in [-0.39, 0.29) is 41.8 Å². The molecule has 0 radical (unpaired) electrons. The van der Waals surface area contributed by atoms with Gasteiger partial charge in [0.25, 0.3) is 5.91 Å². The van der Waals surface area contributed by atoms with Gasteiger partial charge in [0.15, 0.2) is 0 Å². The third-order valence-electron chi connectivity index (χ3n) is 9.21. The van der Waals surface area contributed by atoms with Crippen molar-refractivity contribution < 1.29 is 14.0 Å². The molecule has 5 aliphatic rings. The molecule has 6 atom stereocenters. The van der Waals surface area contributed by atoms with E-state index in [1.165, 1.54) is 6.42 Å². The van der Waals surface area contributed by atoms with Crippen molar-refractivity contribution in [3.05, 3.63) is 11.9 Å². The predicted octanol–water partition coefficient (Wildman–Crippen LogP) is 3.43. The molecule has 2 aliphatic carbocycles. The lowest BCUT2D eigenvalue weighted by Crippen LogP contribution is -2.56. The summed E-state index contributed by atoms with van der Waals surface area (Å²) in [6.45, 7) is 8.26. The maximum Gasteiger partial charge on any atom is 0.269 e. The average molecular weight is 461 g/mol. The first-order chi connectivity index (χ1) is 15.9. The molecule has 0 aromatic rings. The largest absolute Gasteiger partial charge is 0.350 e.